The molecule has 0 spiro atoms. The van der Waals surface area contributed by atoms with Crippen molar-refractivity contribution in [3.63, 3.8) is 0 Å². The van der Waals surface area contributed by atoms with Crippen molar-refractivity contribution in [1.29, 1.82) is 0 Å². The Balaban J connectivity index is 1.42. The highest BCUT2D eigenvalue weighted by atomic mass is 19.1. The van der Waals surface area contributed by atoms with Crippen molar-refractivity contribution in [2.75, 3.05) is 32.7 Å². The van der Waals surface area contributed by atoms with E-state index in [-0.39, 0.29) is 17.6 Å². The average Bonchev–Trinajstić information content (AvgIpc) is 3.10. The molecule has 27 heavy (non-hydrogen) atoms. The summed E-state index contributed by atoms with van der Waals surface area (Å²) in [7, 11) is 0. The van der Waals surface area contributed by atoms with Crippen molar-refractivity contribution in [3.8, 4) is 5.69 Å². The first-order valence-electron chi connectivity index (χ1n) is 9.32. The molecule has 8 heteroatoms. The Hall–Kier alpha value is -2.32. The predicted octanol–water partition coefficient (Wildman–Crippen LogP) is 1.55. The zero-order valence-corrected chi connectivity index (χ0v) is 15.1. The van der Waals surface area contributed by atoms with Crippen LogP contribution in [0.4, 0.5) is 8.78 Å². The van der Waals surface area contributed by atoms with E-state index in [1.807, 2.05) is 11.0 Å². The van der Waals surface area contributed by atoms with Gasteiger partial charge in [-0.15, -0.1) is 0 Å². The Bertz CT molecular complexity index is 824. The van der Waals surface area contributed by atoms with Gasteiger partial charge in [-0.1, -0.05) is 0 Å². The molecule has 1 amide bonds. The number of hydrogen-bond acceptors (Lipinski definition) is 4. The molecule has 0 aliphatic carbocycles. The maximum atomic E-state index is 13.9. The lowest BCUT2D eigenvalue weighted by Gasteiger charge is -2.41. The van der Waals surface area contributed by atoms with Gasteiger partial charge >= 0.3 is 0 Å². The Labute approximate surface area is 156 Å². The number of piperazine rings is 1. The van der Waals surface area contributed by atoms with Gasteiger partial charge in [0.05, 0.1) is 12.2 Å². The van der Waals surface area contributed by atoms with E-state index in [9.17, 15) is 13.6 Å². The van der Waals surface area contributed by atoms with E-state index in [4.69, 9.17) is 0 Å². The molecule has 2 aromatic rings. The minimum Gasteiger partial charge on any atom is -0.336 e. The van der Waals surface area contributed by atoms with Gasteiger partial charge in [0.2, 0.25) is 5.91 Å². The highest BCUT2D eigenvalue weighted by Crippen LogP contribution is 2.19. The van der Waals surface area contributed by atoms with Crippen LogP contribution in [0.2, 0.25) is 0 Å². The van der Waals surface area contributed by atoms with Gasteiger partial charge in [-0.3, -0.25) is 9.69 Å². The van der Waals surface area contributed by atoms with Gasteiger partial charge in [-0.25, -0.2) is 13.5 Å². The van der Waals surface area contributed by atoms with Crippen molar-refractivity contribution >= 4 is 5.91 Å². The zero-order valence-electron chi connectivity index (χ0n) is 15.1. The summed E-state index contributed by atoms with van der Waals surface area (Å²) < 4.78 is 28.5. The van der Waals surface area contributed by atoms with Crippen molar-refractivity contribution in [2.24, 2.45) is 0 Å². The van der Waals surface area contributed by atoms with E-state index in [1.54, 1.807) is 6.20 Å². The summed E-state index contributed by atoms with van der Waals surface area (Å²) in [6, 6.07) is 5.55. The molecule has 2 aliphatic heterocycles. The monoisotopic (exact) mass is 375 g/mol. The molecule has 0 radical (unpaired) electrons. The lowest BCUT2D eigenvalue weighted by Crippen LogP contribution is -2.56. The molecule has 2 aliphatic rings. The lowest BCUT2D eigenvalue weighted by atomic mass is 10.0. The van der Waals surface area contributed by atoms with Crippen molar-refractivity contribution in [3.05, 3.63) is 47.8 Å². The molecule has 0 saturated carbocycles. The van der Waals surface area contributed by atoms with Gasteiger partial charge in [0.15, 0.2) is 5.82 Å². The Morgan fingerprint density at radius 1 is 1.22 bits per heavy atom. The van der Waals surface area contributed by atoms with Crippen LogP contribution in [0.1, 0.15) is 18.5 Å². The van der Waals surface area contributed by atoms with Crippen LogP contribution in [0.3, 0.4) is 0 Å². The number of rotatable bonds is 4. The molecule has 1 atom stereocenters. The SMILES string of the molecule is O=C1CNCCN1C1CCCN(Cc2ccn(-c3ccc(F)cc3F)n2)C1. The maximum absolute atomic E-state index is 13.9. The quantitative estimate of drug-likeness (QED) is 0.881. The van der Waals surface area contributed by atoms with Crippen LogP contribution in [0.15, 0.2) is 30.5 Å². The molecule has 0 bridgehead atoms. The first kappa shape index (κ1) is 18.1. The third-order valence-corrected chi connectivity index (χ3v) is 5.23. The largest absolute Gasteiger partial charge is 0.336 e. The van der Waals surface area contributed by atoms with Crippen LogP contribution in [0, 0.1) is 11.6 Å². The topological polar surface area (TPSA) is 53.4 Å². The number of amides is 1. The second kappa shape index (κ2) is 7.74. The zero-order chi connectivity index (χ0) is 18.8. The van der Waals surface area contributed by atoms with Crippen LogP contribution in [-0.2, 0) is 11.3 Å². The summed E-state index contributed by atoms with van der Waals surface area (Å²) in [5.41, 5.74) is 1.05. The van der Waals surface area contributed by atoms with Crippen molar-refractivity contribution < 1.29 is 13.6 Å². The fourth-order valence-corrected chi connectivity index (χ4v) is 3.91. The molecular formula is C19H23F2N5O. The minimum absolute atomic E-state index is 0.171. The van der Waals surface area contributed by atoms with Crippen LogP contribution in [0.5, 0.6) is 0 Å². The first-order chi connectivity index (χ1) is 13.1. The van der Waals surface area contributed by atoms with Crippen LogP contribution in [-0.4, -0.2) is 64.3 Å². The molecule has 1 unspecified atom stereocenters. The number of halogens is 2. The van der Waals surface area contributed by atoms with Crippen LogP contribution < -0.4 is 5.32 Å². The van der Waals surface area contributed by atoms with E-state index in [0.717, 1.165) is 50.8 Å². The summed E-state index contributed by atoms with van der Waals surface area (Å²) in [5.74, 6) is -1.07. The molecule has 4 rings (SSSR count). The number of nitrogens with one attached hydrogen (secondary N) is 1. The van der Waals surface area contributed by atoms with Gasteiger partial charge in [0, 0.05) is 44.5 Å². The summed E-state index contributed by atoms with van der Waals surface area (Å²) in [4.78, 5) is 16.4. The fraction of sp³-hybridized carbons (Fsp3) is 0.474. The molecule has 144 valence electrons. The number of carbonyl (C=O) groups is 1. The summed E-state index contributed by atoms with van der Waals surface area (Å²) in [5, 5.41) is 7.55. The van der Waals surface area contributed by atoms with Gasteiger partial charge in [-0.05, 0) is 37.6 Å². The maximum Gasteiger partial charge on any atom is 0.236 e. The number of likely N-dealkylation sites (tertiary alicyclic amines) is 1. The van der Waals surface area contributed by atoms with E-state index in [2.05, 4.69) is 15.3 Å². The van der Waals surface area contributed by atoms with Gasteiger partial charge in [-0.2, -0.15) is 5.10 Å². The number of benzene rings is 1. The average molecular weight is 375 g/mol. The Morgan fingerprint density at radius 2 is 2.11 bits per heavy atom. The Morgan fingerprint density at radius 3 is 2.93 bits per heavy atom. The lowest BCUT2D eigenvalue weighted by molar-refractivity contribution is -0.135. The molecule has 2 fully saturated rings. The van der Waals surface area contributed by atoms with E-state index in [0.29, 0.717) is 13.1 Å². The summed E-state index contributed by atoms with van der Waals surface area (Å²) >= 11 is 0. The standard InChI is InChI=1S/C19H23F2N5O/c20-14-3-4-18(17(21)10-14)26-8-5-15(23-26)12-24-7-1-2-16(13-24)25-9-6-22-11-19(25)27/h3-5,8,10,16,22H,1-2,6-7,9,11-13H2. The first-order valence-corrected chi connectivity index (χ1v) is 9.32. The van der Waals surface area contributed by atoms with E-state index in [1.165, 1.54) is 16.8 Å². The molecule has 1 aromatic carbocycles. The molecule has 2 saturated heterocycles. The number of carbonyl (C=O) groups excluding carboxylic acids is 1. The third kappa shape index (κ3) is 4.01. The molecular weight excluding hydrogens is 352 g/mol. The number of hydrogen-bond donors (Lipinski definition) is 1. The predicted molar refractivity (Wildman–Crippen MR) is 96.4 cm³/mol. The molecule has 3 heterocycles. The van der Waals surface area contributed by atoms with E-state index >= 15 is 0 Å². The van der Waals surface area contributed by atoms with Crippen molar-refractivity contribution in [2.45, 2.75) is 25.4 Å². The fourth-order valence-electron chi connectivity index (χ4n) is 3.91. The van der Waals surface area contributed by atoms with Gasteiger partial charge < -0.3 is 10.2 Å². The second-order valence-electron chi connectivity index (χ2n) is 7.14. The van der Waals surface area contributed by atoms with Crippen molar-refractivity contribution in [1.82, 2.24) is 24.9 Å². The Kier molecular flexibility index (Phi) is 5.18. The summed E-state index contributed by atoms with van der Waals surface area (Å²) in [6.45, 7) is 4.44. The van der Waals surface area contributed by atoms with Gasteiger partial charge in [0.25, 0.3) is 0 Å². The molecule has 1 N–H and O–H groups in total. The van der Waals surface area contributed by atoms with Crippen LogP contribution in [0.25, 0.3) is 5.69 Å². The van der Waals surface area contributed by atoms with Gasteiger partial charge in [0.1, 0.15) is 11.5 Å². The normalized spacial score (nSPS) is 21.6. The van der Waals surface area contributed by atoms with Crippen LogP contribution >= 0.6 is 0 Å². The smallest absolute Gasteiger partial charge is 0.236 e. The summed E-state index contributed by atoms with van der Waals surface area (Å²) in [6.07, 6.45) is 3.75. The second-order valence-corrected chi connectivity index (χ2v) is 7.14. The minimum atomic E-state index is -0.639. The number of nitrogens with zero attached hydrogens (tertiary/aromatic N) is 4. The number of aromatic nitrogens is 2. The molecule has 1 aromatic heterocycles. The highest BCUT2D eigenvalue weighted by molar-refractivity contribution is 5.79. The molecule has 6 nitrogen and oxygen atoms in total. The van der Waals surface area contributed by atoms with E-state index < -0.39 is 11.6 Å². The third-order valence-electron chi connectivity index (χ3n) is 5.23. The number of piperidine rings is 1. The highest BCUT2D eigenvalue weighted by Gasteiger charge is 2.30.